The highest BCUT2D eigenvalue weighted by atomic mass is 16.5. The van der Waals surface area contributed by atoms with Gasteiger partial charge in [0, 0.05) is 44.8 Å². The standard InChI is InChI=1S/C17H22N6O2/c1-21-13-19-15(20-21)16(24)23-8-9-25-12-17(11-23)5-7-22(10-17)14-4-2-3-6-18-14/h2-4,6,13H,5,7-12H2,1H3. The van der Waals surface area contributed by atoms with Crippen molar-refractivity contribution in [2.24, 2.45) is 12.5 Å². The highest BCUT2D eigenvalue weighted by molar-refractivity contribution is 5.90. The van der Waals surface area contributed by atoms with Crippen LogP contribution in [0, 0.1) is 5.41 Å². The highest BCUT2D eigenvalue weighted by Gasteiger charge is 2.43. The first-order chi connectivity index (χ1) is 12.2. The minimum Gasteiger partial charge on any atom is -0.379 e. The van der Waals surface area contributed by atoms with Crippen LogP contribution in [0.3, 0.4) is 0 Å². The number of carbonyl (C=O) groups excluding carboxylic acids is 1. The Balaban J connectivity index is 1.51. The van der Waals surface area contributed by atoms with Crippen LogP contribution in [-0.2, 0) is 11.8 Å². The average molecular weight is 342 g/mol. The van der Waals surface area contributed by atoms with E-state index in [-0.39, 0.29) is 17.1 Å². The second-order valence-electron chi connectivity index (χ2n) is 6.88. The van der Waals surface area contributed by atoms with Crippen LogP contribution in [0.1, 0.15) is 17.0 Å². The van der Waals surface area contributed by atoms with Gasteiger partial charge in [0.25, 0.3) is 5.91 Å². The molecule has 0 N–H and O–H groups in total. The lowest BCUT2D eigenvalue weighted by Crippen LogP contribution is -2.43. The van der Waals surface area contributed by atoms with E-state index in [9.17, 15) is 4.79 Å². The number of nitrogens with zero attached hydrogens (tertiary/aromatic N) is 6. The zero-order valence-corrected chi connectivity index (χ0v) is 14.3. The molecule has 25 heavy (non-hydrogen) atoms. The summed E-state index contributed by atoms with van der Waals surface area (Å²) in [5.41, 5.74) is -0.0710. The van der Waals surface area contributed by atoms with E-state index in [1.54, 1.807) is 18.1 Å². The predicted octanol–water partition coefficient (Wildman–Crippen LogP) is 0.579. The molecule has 4 heterocycles. The van der Waals surface area contributed by atoms with E-state index in [0.717, 1.165) is 25.3 Å². The van der Waals surface area contributed by atoms with Gasteiger partial charge in [-0.05, 0) is 18.6 Å². The van der Waals surface area contributed by atoms with Crippen molar-refractivity contribution in [1.29, 1.82) is 0 Å². The zero-order valence-electron chi connectivity index (χ0n) is 14.3. The Hall–Kier alpha value is -2.48. The summed E-state index contributed by atoms with van der Waals surface area (Å²) in [6, 6.07) is 5.95. The van der Waals surface area contributed by atoms with E-state index in [0.29, 0.717) is 26.3 Å². The molecule has 0 bridgehead atoms. The Bertz CT molecular complexity index is 749. The molecule has 0 radical (unpaired) electrons. The molecule has 0 aromatic carbocycles. The number of aryl methyl sites for hydroxylation is 1. The van der Waals surface area contributed by atoms with Crippen LogP contribution in [0.15, 0.2) is 30.7 Å². The Morgan fingerprint density at radius 1 is 1.24 bits per heavy atom. The minimum atomic E-state index is -0.123. The van der Waals surface area contributed by atoms with Crippen molar-refractivity contribution >= 4 is 11.7 Å². The monoisotopic (exact) mass is 342 g/mol. The van der Waals surface area contributed by atoms with Gasteiger partial charge in [-0.3, -0.25) is 9.48 Å². The molecule has 8 heteroatoms. The van der Waals surface area contributed by atoms with Crippen molar-refractivity contribution in [1.82, 2.24) is 24.6 Å². The van der Waals surface area contributed by atoms with Gasteiger partial charge < -0.3 is 14.5 Å². The summed E-state index contributed by atoms with van der Waals surface area (Å²) in [4.78, 5) is 25.4. The van der Waals surface area contributed by atoms with Gasteiger partial charge in [-0.1, -0.05) is 6.07 Å². The molecule has 2 saturated heterocycles. The smallest absolute Gasteiger partial charge is 0.293 e. The zero-order chi connectivity index (χ0) is 17.3. The Morgan fingerprint density at radius 2 is 2.16 bits per heavy atom. The fourth-order valence-electron chi connectivity index (χ4n) is 3.66. The molecule has 1 spiro atoms. The molecule has 2 fully saturated rings. The van der Waals surface area contributed by atoms with Crippen molar-refractivity contribution in [2.45, 2.75) is 6.42 Å². The second-order valence-corrected chi connectivity index (χ2v) is 6.88. The van der Waals surface area contributed by atoms with Crippen LogP contribution in [0.5, 0.6) is 0 Å². The minimum absolute atomic E-state index is 0.0710. The van der Waals surface area contributed by atoms with Crippen molar-refractivity contribution in [2.75, 3.05) is 44.3 Å². The molecule has 4 rings (SSSR count). The normalized spacial score (nSPS) is 23.9. The van der Waals surface area contributed by atoms with Gasteiger partial charge in [0.15, 0.2) is 0 Å². The summed E-state index contributed by atoms with van der Waals surface area (Å²) in [6.07, 6.45) is 4.34. The molecule has 2 aliphatic heterocycles. The van der Waals surface area contributed by atoms with Crippen molar-refractivity contribution in [3.8, 4) is 0 Å². The summed E-state index contributed by atoms with van der Waals surface area (Å²) in [7, 11) is 1.76. The van der Waals surface area contributed by atoms with Crippen LogP contribution in [0.4, 0.5) is 5.82 Å². The molecule has 1 amide bonds. The van der Waals surface area contributed by atoms with E-state index >= 15 is 0 Å². The maximum atomic E-state index is 12.8. The number of hydrogen-bond donors (Lipinski definition) is 0. The summed E-state index contributed by atoms with van der Waals surface area (Å²) in [5, 5.41) is 4.15. The number of carbonyl (C=O) groups is 1. The second kappa shape index (κ2) is 6.44. The molecule has 132 valence electrons. The fourth-order valence-corrected chi connectivity index (χ4v) is 3.66. The molecule has 2 aromatic rings. The van der Waals surface area contributed by atoms with Gasteiger partial charge in [-0.15, -0.1) is 5.10 Å². The predicted molar refractivity (Wildman–Crippen MR) is 91.2 cm³/mol. The van der Waals surface area contributed by atoms with E-state index in [1.165, 1.54) is 0 Å². The molecule has 8 nitrogen and oxygen atoms in total. The number of pyridine rings is 1. The third kappa shape index (κ3) is 3.21. The number of ether oxygens (including phenoxy) is 1. The SMILES string of the molecule is Cn1cnc(C(=O)N2CCOCC3(CCN(c4ccccn4)C3)C2)n1. The molecule has 1 atom stereocenters. The first-order valence-electron chi connectivity index (χ1n) is 8.54. The van der Waals surface area contributed by atoms with E-state index in [1.807, 2.05) is 29.3 Å². The topological polar surface area (TPSA) is 76.4 Å². The van der Waals surface area contributed by atoms with Gasteiger partial charge in [-0.2, -0.15) is 0 Å². The average Bonchev–Trinajstić information content (AvgIpc) is 3.18. The maximum absolute atomic E-state index is 12.8. The van der Waals surface area contributed by atoms with Gasteiger partial charge in [0.1, 0.15) is 12.1 Å². The van der Waals surface area contributed by atoms with Crippen LogP contribution >= 0.6 is 0 Å². The van der Waals surface area contributed by atoms with E-state index < -0.39 is 0 Å². The Labute approximate surface area is 146 Å². The van der Waals surface area contributed by atoms with Crippen LogP contribution in [0.25, 0.3) is 0 Å². The summed E-state index contributed by atoms with van der Waals surface area (Å²) >= 11 is 0. The third-order valence-electron chi connectivity index (χ3n) is 4.93. The summed E-state index contributed by atoms with van der Waals surface area (Å²) in [5.74, 6) is 1.11. The first-order valence-corrected chi connectivity index (χ1v) is 8.54. The van der Waals surface area contributed by atoms with Crippen molar-refractivity contribution < 1.29 is 9.53 Å². The van der Waals surface area contributed by atoms with Crippen molar-refractivity contribution in [3.63, 3.8) is 0 Å². The lowest BCUT2D eigenvalue weighted by molar-refractivity contribution is 0.0680. The molecular formula is C17H22N6O2. The molecule has 1 unspecified atom stereocenters. The van der Waals surface area contributed by atoms with Gasteiger partial charge in [-0.25, -0.2) is 9.97 Å². The molecule has 0 aliphatic carbocycles. The Morgan fingerprint density at radius 3 is 2.92 bits per heavy atom. The Kier molecular flexibility index (Phi) is 4.12. The summed E-state index contributed by atoms with van der Waals surface area (Å²) in [6.45, 7) is 4.20. The number of aromatic nitrogens is 4. The highest BCUT2D eigenvalue weighted by Crippen LogP contribution is 2.35. The molecular weight excluding hydrogens is 320 g/mol. The molecule has 0 saturated carbocycles. The lowest BCUT2D eigenvalue weighted by atomic mass is 9.87. The lowest BCUT2D eigenvalue weighted by Gasteiger charge is -2.31. The fraction of sp³-hybridized carbons (Fsp3) is 0.529. The van der Waals surface area contributed by atoms with Gasteiger partial charge in [0.05, 0.1) is 13.2 Å². The van der Waals surface area contributed by atoms with Gasteiger partial charge in [0.2, 0.25) is 5.82 Å². The third-order valence-corrected chi connectivity index (χ3v) is 4.93. The largest absolute Gasteiger partial charge is 0.379 e. The van der Waals surface area contributed by atoms with Crippen LogP contribution < -0.4 is 4.90 Å². The van der Waals surface area contributed by atoms with E-state index in [2.05, 4.69) is 20.0 Å². The number of hydrogen-bond acceptors (Lipinski definition) is 6. The summed E-state index contributed by atoms with van der Waals surface area (Å²) < 4.78 is 7.40. The quantitative estimate of drug-likeness (QED) is 0.795. The maximum Gasteiger partial charge on any atom is 0.293 e. The van der Waals surface area contributed by atoms with Gasteiger partial charge >= 0.3 is 0 Å². The molecule has 2 aromatic heterocycles. The first kappa shape index (κ1) is 16.0. The number of rotatable bonds is 2. The van der Waals surface area contributed by atoms with E-state index in [4.69, 9.17) is 4.74 Å². The van der Waals surface area contributed by atoms with Crippen molar-refractivity contribution in [3.05, 3.63) is 36.5 Å². The van der Waals surface area contributed by atoms with Crippen LogP contribution in [0.2, 0.25) is 0 Å². The van der Waals surface area contributed by atoms with Crippen LogP contribution in [-0.4, -0.2) is 69.9 Å². The number of amides is 1. The number of anilines is 1. The molecule has 2 aliphatic rings.